The lowest BCUT2D eigenvalue weighted by Gasteiger charge is -2.34. The van der Waals surface area contributed by atoms with E-state index in [0.717, 1.165) is 25.9 Å². The lowest BCUT2D eigenvalue weighted by atomic mass is 10.1. The van der Waals surface area contributed by atoms with Crippen LogP contribution >= 0.6 is 0 Å². The quantitative estimate of drug-likeness (QED) is 0.840. The summed E-state index contributed by atoms with van der Waals surface area (Å²) in [6, 6.07) is 6.81. The van der Waals surface area contributed by atoms with Gasteiger partial charge in [0.15, 0.2) is 11.6 Å². The van der Waals surface area contributed by atoms with E-state index in [-0.39, 0.29) is 11.9 Å². The third-order valence-corrected chi connectivity index (χ3v) is 3.56. The Kier molecular flexibility index (Phi) is 4.39. The third-order valence-electron chi connectivity index (χ3n) is 3.56. The highest BCUT2D eigenvalue weighted by Gasteiger charge is 2.22. The zero-order chi connectivity index (χ0) is 13.8. The van der Waals surface area contributed by atoms with Gasteiger partial charge in [-0.3, -0.25) is 0 Å². The van der Waals surface area contributed by atoms with E-state index in [1.54, 1.807) is 12.1 Å². The smallest absolute Gasteiger partial charge is 0.166 e. The van der Waals surface area contributed by atoms with Crippen LogP contribution in [0.2, 0.25) is 0 Å². The second-order valence-corrected chi connectivity index (χ2v) is 5.20. The number of halogens is 1. The molecular weight excluding hydrogens is 243 g/mol. The molecular formula is C15H19FN2O. The van der Waals surface area contributed by atoms with Crippen molar-refractivity contribution in [2.24, 2.45) is 0 Å². The molecule has 0 spiro atoms. The largest absolute Gasteiger partial charge is 0.487 e. The molecule has 1 heterocycles. The molecule has 1 aromatic carbocycles. The van der Waals surface area contributed by atoms with Crippen LogP contribution in [0.1, 0.15) is 32.3 Å². The number of benzene rings is 1. The van der Waals surface area contributed by atoms with Gasteiger partial charge in [-0.15, -0.1) is 0 Å². The summed E-state index contributed by atoms with van der Waals surface area (Å²) in [5.41, 5.74) is 0.319. The van der Waals surface area contributed by atoms with E-state index in [1.807, 2.05) is 6.07 Å². The molecule has 0 unspecified atom stereocenters. The third kappa shape index (κ3) is 3.45. The lowest BCUT2D eigenvalue weighted by molar-refractivity contribution is 0.0815. The zero-order valence-electron chi connectivity index (χ0n) is 11.4. The first-order chi connectivity index (χ1) is 9.10. The van der Waals surface area contributed by atoms with E-state index < -0.39 is 5.82 Å². The summed E-state index contributed by atoms with van der Waals surface area (Å²) in [5, 5.41) is 8.69. The summed E-state index contributed by atoms with van der Waals surface area (Å²) in [5.74, 6) is -0.202. The maximum absolute atomic E-state index is 13.7. The Morgan fingerprint density at radius 3 is 2.58 bits per heavy atom. The fourth-order valence-electron chi connectivity index (χ4n) is 2.36. The van der Waals surface area contributed by atoms with Gasteiger partial charge in [0.1, 0.15) is 6.10 Å². The molecule has 1 aromatic rings. The summed E-state index contributed by atoms with van der Waals surface area (Å²) in [6.07, 6.45) is 1.90. The van der Waals surface area contributed by atoms with Crippen molar-refractivity contribution in [1.29, 1.82) is 5.26 Å². The molecule has 4 heteroatoms. The molecule has 0 radical (unpaired) electrons. The predicted octanol–water partition coefficient (Wildman–Crippen LogP) is 2.95. The number of ether oxygens (including phenoxy) is 1. The molecule has 2 rings (SSSR count). The minimum atomic E-state index is -0.453. The Labute approximate surface area is 113 Å². The van der Waals surface area contributed by atoms with Gasteiger partial charge in [-0.1, -0.05) is 0 Å². The van der Waals surface area contributed by atoms with Crippen LogP contribution in [0.3, 0.4) is 0 Å². The normalized spacial score (nSPS) is 17.4. The fraction of sp³-hybridized carbons (Fsp3) is 0.533. The van der Waals surface area contributed by atoms with Crippen LogP contribution in [-0.4, -0.2) is 30.1 Å². The molecule has 0 atom stereocenters. The molecule has 0 saturated carbocycles. The Morgan fingerprint density at radius 2 is 2.05 bits per heavy atom. The summed E-state index contributed by atoms with van der Waals surface area (Å²) in [7, 11) is 0. The van der Waals surface area contributed by atoms with Gasteiger partial charge < -0.3 is 9.64 Å². The summed E-state index contributed by atoms with van der Waals surface area (Å²) in [6.45, 7) is 6.34. The topological polar surface area (TPSA) is 36.3 Å². The van der Waals surface area contributed by atoms with Crippen LogP contribution in [0, 0.1) is 17.1 Å². The number of hydrogen-bond acceptors (Lipinski definition) is 3. The first-order valence-electron chi connectivity index (χ1n) is 6.70. The van der Waals surface area contributed by atoms with Gasteiger partial charge in [0, 0.05) is 19.1 Å². The van der Waals surface area contributed by atoms with Crippen molar-refractivity contribution < 1.29 is 9.13 Å². The van der Waals surface area contributed by atoms with Crippen LogP contribution in [0.4, 0.5) is 4.39 Å². The SMILES string of the molecule is CC(C)N1CCC(Oc2ccc(C#N)cc2F)CC1. The number of rotatable bonds is 3. The van der Waals surface area contributed by atoms with Crippen molar-refractivity contribution in [3.05, 3.63) is 29.6 Å². The van der Waals surface area contributed by atoms with Gasteiger partial charge in [-0.25, -0.2) is 4.39 Å². The Balaban J connectivity index is 1.94. The van der Waals surface area contributed by atoms with Crippen LogP contribution < -0.4 is 4.74 Å². The average Bonchev–Trinajstić information content (AvgIpc) is 2.41. The molecule has 1 saturated heterocycles. The van der Waals surface area contributed by atoms with Crippen LogP contribution in [0.25, 0.3) is 0 Å². The first-order valence-corrected chi connectivity index (χ1v) is 6.70. The fourth-order valence-corrected chi connectivity index (χ4v) is 2.36. The average molecular weight is 262 g/mol. The van der Waals surface area contributed by atoms with Crippen LogP contribution in [0.5, 0.6) is 5.75 Å². The number of likely N-dealkylation sites (tertiary alicyclic amines) is 1. The highest BCUT2D eigenvalue weighted by Crippen LogP contribution is 2.23. The van der Waals surface area contributed by atoms with Gasteiger partial charge >= 0.3 is 0 Å². The molecule has 3 nitrogen and oxygen atoms in total. The molecule has 1 aliphatic rings. The standard InChI is InChI=1S/C15H19FN2O/c1-11(2)18-7-5-13(6-8-18)19-15-4-3-12(10-17)9-14(15)16/h3-4,9,11,13H,5-8H2,1-2H3. The van der Waals surface area contributed by atoms with Crippen molar-refractivity contribution >= 4 is 0 Å². The van der Waals surface area contributed by atoms with Crippen LogP contribution in [-0.2, 0) is 0 Å². The Bertz CT molecular complexity index is 474. The molecule has 19 heavy (non-hydrogen) atoms. The van der Waals surface area contributed by atoms with Gasteiger partial charge in [0.05, 0.1) is 11.6 Å². The highest BCUT2D eigenvalue weighted by molar-refractivity contribution is 5.36. The van der Waals surface area contributed by atoms with E-state index in [4.69, 9.17) is 10.00 Å². The van der Waals surface area contributed by atoms with Gasteiger partial charge in [-0.05, 0) is 44.9 Å². The molecule has 0 amide bonds. The summed E-state index contributed by atoms with van der Waals surface area (Å²) < 4.78 is 19.4. The maximum Gasteiger partial charge on any atom is 0.166 e. The second kappa shape index (κ2) is 6.03. The Morgan fingerprint density at radius 1 is 1.37 bits per heavy atom. The first kappa shape index (κ1) is 13.8. The summed E-state index contributed by atoms with van der Waals surface area (Å²) >= 11 is 0. The maximum atomic E-state index is 13.7. The number of hydrogen-bond donors (Lipinski definition) is 0. The van der Waals surface area contributed by atoms with E-state index in [2.05, 4.69) is 18.7 Å². The number of nitriles is 1. The van der Waals surface area contributed by atoms with Gasteiger partial charge in [0.25, 0.3) is 0 Å². The summed E-state index contributed by atoms with van der Waals surface area (Å²) in [4.78, 5) is 2.40. The minimum absolute atomic E-state index is 0.0671. The van der Waals surface area contributed by atoms with E-state index in [0.29, 0.717) is 11.6 Å². The molecule has 0 bridgehead atoms. The van der Waals surface area contributed by atoms with Crippen molar-refractivity contribution in [1.82, 2.24) is 4.90 Å². The van der Waals surface area contributed by atoms with Crippen molar-refractivity contribution in [3.63, 3.8) is 0 Å². The van der Waals surface area contributed by atoms with E-state index in [1.165, 1.54) is 6.07 Å². The second-order valence-electron chi connectivity index (χ2n) is 5.20. The van der Waals surface area contributed by atoms with Crippen molar-refractivity contribution in [2.75, 3.05) is 13.1 Å². The number of piperidine rings is 1. The molecule has 0 aromatic heterocycles. The lowest BCUT2D eigenvalue weighted by Crippen LogP contribution is -2.41. The monoisotopic (exact) mass is 262 g/mol. The Hall–Kier alpha value is -1.60. The molecule has 1 aliphatic heterocycles. The van der Waals surface area contributed by atoms with E-state index in [9.17, 15) is 4.39 Å². The molecule has 1 fully saturated rings. The zero-order valence-corrected chi connectivity index (χ0v) is 11.4. The van der Waals surface area contributed by atoms with Gasteiger partial charge in [0.2, 0.25) is 0 Å². The predicted molar refractivity (Wildman–Crippen MR) is 71.5 cm³/mol. The van der Waals surface area contributed by atoms with Crippen molar-refractivity contribution in [2.45, 2.75) is 38.8 Å². The molecule has 102 valence electrons. The molecule has 0 aliphatic carbocycles. The molecule has 0 N–H and O–H groups in total. The minimum Gasteiger partial charge on any atom is -0.487 e. The van der Waals surface area contributed by atoms with Gasteiger partial charge in [-0.2, -0.15) is 5.26 Å². The van der Waals surface area contributed by atoms with E-state index >= 15 is 0 Å². The highest BCUT2D eigenvalue weighted by atomic mass is 19.1. The van der Waals surface area contributed by atoms with Crippen molar-refractivity contribution in [3.8, 4) is 11.8 Å². The van der Waals surface area contributed by atoms with Crippen LogP contribution in [0.15, 0.2) is 18.2 Å². The number of nitrogens with zero attached hydrogens (tertiary/aromatic N) is 2.